The number of para-hydroxylation sites is 1. The van der Waals surface area contributed by atoms with Gasteiger partial charge < -0.3 is 25.4 Å². The van der Waals surface area contributed by atoms with Gasteiger partial charge in [-0.2, -0.15) is 0 Å². The number of likely N-dealkylation sites (tertiary alicyclic amines) is 1. The molecular weight excluding hydrogens is 516 g/mol. The lowest BCUT2D eigenvalue weighted by Gasteiger charge is -2.38. The normalized spacial score (nSPS) is 31.9. The molecule has 10 heteroatoms. The zero-order valence-electron chi connectivity index (χ0n) is 22.8. The number of amides is 3. The second-order valence-corrected chi connectivity index (χ2v) is 12.9. The molecular formula is C29H42N4O5S. The third-order valence-corrected chi connectivity index (χ3v) is 11.1. The van der Waals surface area contributed by atoms with Crippen LogP contribution in [0.1, 0.15) is 39.0 Å². The summed E-state index contributed by atoms with van der Waals surface area (Å²) in [7, 11) is 0. The maximum atomic E-state index is 14.1. The van der Waals surface area contributed by atoms with Crippen molar-refractivity contribution in [2.24, 2.45) is 17.8 Å². The van der Waals surface area contributed by atoms with Gasteiger partial charge in [-0.3, -0.25) is 19.3 Å². The van der Waals surface area contributed by atoms with E-state index in [2.05, 4.69) is 22.5 Å². The van der Waals surface area contributed by atoms with Gasteiger partial charge in [-0.15, -0.1) is 11.8 Å². The fourth-order valence-corrected chi connectivity index (χ4v) is 9.54. The predicted octanol–water partition coefficient (Wildman–Crippen LogP) is 1.96. The Kier molecular flexibility index (Phi) is 9.16. The topological polar surface area (TPSA) is 111 Å². The number of benzene rings is 1. The summed E-state index contributed by atoms with van der Waals surface area (Å²) in [5, 5.41) is 15.4. The van der Waals surface area contributed by atoms with Gasteiger partial charge in [0.2, 0.25) is 17.7 Å². The first-order valence-corrected chi connectivity index (χ1v) is 15.4. The Hall–Kier alpha value is -2.14. The number of hydrogen-bond donors (Lipinski definition) is 3. The molecule has 1 aromatic carbocycles. The maximum absolute atomic E-state index is 14.1. The first-order chi connectivity index (χ1) is 19.0. The number of ether oxygens (including phenoxy) is 1. The minimum absolute atomic E-state index is 0.0213. The number of carbonyl (C=O) groups is 3. The van der Waals surface area contributed by atoms with Gasteiger partial charge in [-0.05, 0) is 37.3 Å². The number of nitrogens with zero attached hydrogens (tertiary/aromatic N) is 2. The zero-order chi connectivity index (χ0) is 27.4. The number of anilines is 1. The average molecular weight is 559 g/mol. The van der Waals surface area contributed by atoms with Crippen LogP contribution in [0.4, 0.5) is 5.69 Å². The van der Waals surface area contributed by atoms with Crippen molar-refractivity contribution >= 4 is 35.2 Å². The molecule has 0 aliphatic carbocycles. The van der Waals surface area contributed by atoms with Crippen LogP contribution in [0.3, 0.4) is 0 Å². The maximum Gasteiger partial charge on any atom is 0.244 e. The Labute approximate surface area is 235 Å². The Bertz CT molecular complexity index is 1020. The van der Waals surface area contributed by atoms with E-state index in [4.69, 9.17) is 9.84 Å². The van der Waals surface area contributed by atoms with Crippen LogP contribution in [0.15, 0.2) is 30.3 Å². The quantitative estimate of drug-likeness (QED) is 0.337. The number of carbonyl (C=O) groups excluding carboxylic acids is 3. The number of thioether (sulfide) groups is 1. The fraction of sp³-hybridized carbons (Fsp3) is 0.690. The van der Waals surface area contributed by atoms with Crippen molar-refractivity contribution in [3.05, 3.63) is 30.3 Å². The molecule has 0 saturated carbocycles. The molecule has 39 heavy (non-hydrogen) atoms. The summed E-state index contributed by atoms with van der Waals surface area (Å²) in [6.07, 6.45) is 4.11. The van der Waals surface area contributed by atoms with Crippen molar-refractivity contribution in [2.75, 3.05) is 57.9 Å². The number of morpholine rings is 1. The van der Waals surface area contributed by atoms with E-state index in [9.17, 15) is 14.4 Å². The molecule has 214 valence electrons. The number of unbranched alkanes of at least 4 members (excludes halogenated alkanes) is 3. The highest BCUT2D eigenvalue weighted by molar-refractivity contribution is 8.02. The zero-order valence-corrected chi connectivity index (χ0v) is 23.7. The molecule has 1 spiro atoms. The molecule has 4 heterocycles. The second kappa shape index (κ2) is 12.6. The first kappa shape index (κ1) is 28.4. The number of hydrogen-bond acceptors (Lipinski definition) is 7. The van der Waals surface area contributed by atoms with Gasteiger partial charge in [0.25, 0.3) is 0 Å². The van der Waals surface area contributed by atoms with Crippen molar-refractivity contribution in [1.82, 2.24) is 15.1 Å². The van der Waals surface area contributed by atoms with Gasteiger partial charge in [0.05, 0.1) is 29.8 Å². The number of fused-ring (bicyclic) bond motifs is 1. The summed E-state index contributed by atoms with van der Waals surface area (Å²) in [6, 6.07) is 8.79. The molecule has 0 aromatic heterocycles. The van der Waals surface area contributed by atoms with Crippen LogP contribution < -0.4 is 10.6 Å². The van der Waals surface area contributed by atoms with Crippen molar-refractivity contribution in [2.45, 2.75) is 55.1 Å². The van der Waals surface area contributed by atoms with Crippen molar-refractivity contribution in [3.8, 4) is 0 Å². The number of nitrogens with one attached hydrogen (secondary N) is 2. The second-order valence-electron chi connectivity index (χ2n) is 11.3. The number of rotatable bonds is 12. The molecule has 1 aromatic rings. The summed E-state index contributed by atoms with van der Waals surface area (Å²) < 4.78 is 4.83. The van der Waals surface area contributed by atoms with Crippen LogP contribution in [0, 0.1) is 17.8 Å². The van der Waals surface area contributed by atoms with Crippen LogP contribution >= 0.6 is 11.8 Å². The first-order valence-electron chi connectivity index (χ1n) is 14.5. The van der Waals surface area contributed by atoms with E-state index >= 15 is 0 Å². The summed E-state index contributed by atoms with van der Waals surface area (Å²) in [5.41, 5.74) is 0.723. The molecule has 9 nitrogen and oxygen atoms in total. The lowest BCUT2D eigenvalue weighted by Crippen LogP contribution is -2.57. The SMILES string of the molecule is CC1C[C@H]2SC13C(C(=O)NCCN1CCOCC1)N(CCCCCCO)C(=O)[C@@H]3[C@H]2C(=O)Nc1ccccc1. The Morgan fingerprint density at radius 2 is 1.82 bits per heavy atom. The number of aliphatic hydroxyl groups excluding tert-OH is 1. The summed E-state index contributed by atoms with van der Waals surface area (Å²) >= 11 is 1.71. The lowest BCUT2D eigenvalue weighted by molar-refractivity contribution is -0.139. The van der Waals surface area contributed by atoms with Gasteiger partial charge >= 0.3 is 0 Å². The molecule has 5 rings (SSSR count). The van der Waals surface area contributed by atoms with Gasteiger partial charge in [-0.25, -0.2) is 0 Å². The van der Waals surface area contributed by atoms with E-state index in [1.165, 1.54) is 0 Å². The molecule has 4 saturated heterocycles. The van der Waals surface area contributed by atoms with E-state index in [0.717, 1.165) is 57.4 Å². The molecule has 2 bridgehead atoms. The Morgan fingerprint density at radius 1 is 1.08 bits per heavy atom. The van der Waals surface area contributed by atoms with Crippen molar-refractivity contribution in [3.63, 3.8) is 0 Å². The highest BCUT2D eigenvalue weighted by atomic mass is 32.2. The summed E-state index contributed by atoms with van der Waals surface area (Å²) in [5.74, 6) is -1.09. The minimum atomic E-state index is -0.603. The standard InChI is InChI=1S/C29H42N4O5S/c1-20-19-22-23(26(35)31-21-9-5-4-6-10-21)24-28(37)33(12-7-2-3-8-16-34)25(29(20,24)39-22)27(36)30-11-13-32-14-17-38-18-15-32/h4-6,9-10,20,22-25,34H,2-3,7-8,11-19H2,1H3,(H,30,36)(H,31,35)/t20?,22-,23+,24+,25?,29?/m1/s1. The lowest BCUT2D eigenvalue weighted by atomic mass is 9.66. The van der Waals surface area contributed by atoms with E-state index < -0.39 is 22.6 Å². The largest absolute Gasteiger partial charge is 0.396 e. The Morgan fingerprint density at radius 3 is 2.56 bits per heavy atom. The molecule has 3 N–H and O–H groups in total. The van der Waals surface area contributed by atoms with E-state index in [1.807, 2.05) is 30.3 Å². The van der Waals surface area contributed by atoms with Gasteiger partial charge in [-0.1, -0.05) is 38.0 Å². The summed E-state index contributed by atoms with van der Waals surface area (Å²) in [4.78, 5) is 45.8. The van der Waals surface area contributed by atoms with E-state index in [1.54, 1.807) is 16.7 Å². The predicted molar refractivity (Wildman–Crippen MR) is 151 cm³/mol. The van der Waals surface area contributed by atoms with Crippen molar-refractivity contribution < 1.29 is 24.2 Å². The molecule has 4 fully saturated rings. The van der Waals surface area contributed by atoms with Gasteiger partial charge in [0, 0.05) is 50.3 Å². The molecule has 0 radical (unpaired) electrons. The third kappa shape index (κ3) is 5.58. The smallest absolute Gasteiger partial charge is 0.244 e. The molecule has 3 unspecified atom stereocenters. The highest BCUT2D eigenvalue weighted by Crippen LogP contribution is 2.68. The minimum Gasteiger partial charge on any atom is -0.396 e. The van der Waals surface area contributed by atoms with Crippen molar-refractivity contribution in [1.29, 1.82) is 0 Å². The average Bonchev–Trinajstić information content (AvgIpc) is 3.53. The van der Waals surface area contributed by atoms with E-state index in [-0.39, 0.29) is 35.5 Å². The molecule has 6 atom stereocenters. The molecule has 4 aliphatic heterocycles. The van der Waals surface area contributed by atoms with Crippen LogP contribution in [0.2, 0.25) is 0 Å². The molecule has 3 amide bonds. The van der Waals surface area contributed by atoms with Crippen LogP contribution in [0.25, 0.3) is 0 Å². The van der Waals surface area contributed by atoms with Crippen LogP contribution in [-0.4, -0.2) is 101 Å². The van der Waals surface area contributed by atoms with Gasteiger partial charge in [0.15, 0.2) is 0 Å². The highest BCUT2D eigenvalue weighted by Gasteiger charge is 2.75. The van der Waals surface area contributed by atoms with Gasteiger partial charge in [0.1, 0.15) is 6.04 Å². The fourth-order valence-electron chi connectivity index (χ4n) is 7.11. The number of aliphatic hydroxyl groups is 1. The Balaban J connectivity index is 1.35. The molecule has 4 aliphatic rings. The monoisotopic (exact) mass is 558 g/mol. The summed E-state index contributed by atoms with van der Waals surface area (Å²) in [6.45, 7) is 7.22. The van der Waals surface area contributed by atoms with E-state index in [0.29, 0.717) is 26.3 Å². The van der Waals surface area contributed by atoms with Crippen LogP contribution in [-0.2, 0) is 19.1 Å². The third-order valence-electron chi connectivity index (χ3n) is 8.98. The van der Waals surface area contributed by atoms with Crippen LogP contribution in [0.5, 0.6) is 0 Å².